The fraction of sp³-hybridized carbons (Fsp3) is 0.286. The summed E-state index contributed by atoms with van der Waals surface area (Å²) >= 11 is 0. The first kappa shape index (κ1) is 6.20. The fourth-order valence-electron chi connectivity index (χ4n) is 0.649. The van der Waals surface area contributed by atoms with Crippen molar-refractivity contribution in [2.45, 2.75) is 13.3 Å². The van der Waals surface area contributed by atoms with E-state index in [1.807, 2.05) is 19.4 Å². The molecule has 0 saturated carbocycles. The van der Waals surface area contributed by atoms with Crippen LogP contribution < -0.4 is 0 Å². The van der Waals surface area contributed by atoms with Crippen molar-refractivity contribution in [2.75, 3.05) is 0 Å². The van der Waals surface area contributed by atoms with E-state index in [1.165, 1.54) is 6.21 Å². The van der Waals surface area contributed by atoms with Crippen LogP contribution >= 0.6 is 0 Å². The smallest absolute Gasteiger partial charge is 0.177 e. The molecule has 1 rings (SSSR count). The lowest BCUT2D eigenvalue weighted by Gasteiger charge is -1.99. The summed E-state index contributed by atoms with van der Waals surface area (Å²) < 4.78 is 0. The molecule has 47 valence electrons. The van der Waals surface area contributed by atoms with Gasteiger partial charge in [0.25, 0.3) is 0 Å². The van der Waals surface area contributed by atoms with Crippen molar-refractivity contribution in [3.63, 3.8) is 0 Å². The van der Waals surface area contributed by atoms with Crippen LogP contribution in [0.1, 0.15) is 13.3 Å². The van der Waals surface area contributed by atoms with Crippen LogP contribution in [-0.4, -0.2) is 12.0 Å². The van der Waals surface area contributed by atoms with Gasteiger partial charge in [-0.1, -0.05) is 13.0 Å². The molecule has 1 heterocycles. The summed E-state index contributed by atoms with van der Waals surface area (Å²) in [5.74, 6) is 0.0839. The monoisotopic (exact) mass is 122 g/mol. The Morgan fingerprint density at radius 2 is 2.56 bits per heavy atom. The molecule has 1 aliphatic rings. The lowest BCUT2D eigenvalue weighted by molar-refractivity contribution is -0.111. The zero-order valence-corrected chi connectivity index (χ0v) is 5.29. The average Bonchev–Trinajstić information content (AvgIpc) is 1.90. The normalized spacial score (nSPS) is 17.9. The highest BCUT2D eigenvalue weighted by atomic mass is 16.1. The highest BCUT2D eigenvalue weighted by Gasteiger charge is 2.01. The van der Waals surface area contributed by atoms with E-state index in [4.69, 9.17) is 0 Å². The second kappa shape index (κ2) is 2.58. The quantitative estimate of drug-likeness (QED) is 0.512. The van der Waals surface area contributed by atoms with Crippen molar-refractivity contribution in [3.05, 3.63) is 18.2 Å². The van der Waals surface area contributed by atoms with Crippen molar-refractivity contribution < 1.29 is 4.79 Å². The molecule has 1 radical (unpaired) electrons. The van der Waals surface area contributed by atoms with Gasteiger partial charge in [0, 0.05) is 18.5 Å². The van der Waals surface area contributed by atoms with Crippen molar-refractivity contribution in [2.24, 2.45) is 4.99 Å². The third-order valence-electron chi connectivity index (χ3n) is 1.17. The first-order valence-electron chi connectivity index (χ1n) is 2.89. The van der Waals surface area contributed by atoms with E-state index >= 15 is 0 Å². The molecule has 0 bridgehead atoms. The van der Waals surface area contributed by atoms with Gasteiger partial charge in [-0.15, -0.1) is 0 Å². The van der Waals surface area contributed by atoms with Crippen LogP contribution in [-0.2, 0) is 4.79 Å². The Labute approximate surface area is 54.3 Å². The predicted molar refractivity (Wildman–Crippen MR) is 36.2 cm³/mol. The van der Waals surface area contributed by atoms with E-state index < -0.39 is 0 Å². The van der Waals surface area contributed by atoms with Gasteiger partial charge in [0.15, 0.2) is 5.78 Å². The Bertz CT molecular complexity index is 179. The van der Waals surface area contributed by atoms with Gasteiger partial charge < -0.3 is 0 Å². The van der Waals surface area contributed by atoms with E-state index in [2.05, 4.69) is 4.99 Å². The van der Waals surface area contributed by atoms with Crippen LogP contribution in [0.15, 0.2) is 16.8 Å². The highest BCUT2D eigenvalue weighted by Crippen LogP contribution is 2.05. The van der Waals surface area contributed by atoms with E-state index in [0.29, 0.717) is 6.42 Å². The topological polar surface area (TPSA) is 29.4 Å². The fourth-order valence-corrected chi connectivity index (χ4v) is 0.649. The summed E-state index contributed by atoms with van der Waals surface area (Å²) in [6.45, 7) is 1.90. The lowest BCUT2D eigenvalue weighted by Crippen LogP contribution is -2.02. The van der Waals surface area contributed by atoms with Crippen molar-refractivity contribution >= 4 is 12.0 Å². The number of allylic oxidation sites excluding steroid dienone is 2. The largest absolute Gasteiger partial charge is 0.293 e. The van der Waals surface area contributed by atoms with Crippen LogP contribution in [0.4, 0.5) is 0 Å². The Balaban J connectivity index is 2.63. The van der Waals surface area contributed by atoms with Crippen molar-refractivity contribution in [1.29, 1.82) is 0 Å². The second-order valence-corrected chi connectivity index (χ2v) is 1.85. The third kappa shape index (κ3) is 1.49. The molecule has 0 amide bonds. The Hall–Kier alpha value is -0.920. The predicted octanol–water partition coefficient (Wildman–Crippen LogP) is 1.14. The van der Waals surface area contributed by atoms with Crippen LogP contribution in [0.3, 0.4) is 0 Å². The zero-order chi connectivity index (χ0) is 6.69. The number of ketones is 1. The molecule has 0 spiro atoms. The number of carbonyl (C=O) groups is 1. The number of carbonyl (C=O) groups excluding carboxylic acids is 1. The second-order valence-electron chi connectivity index (χ2n) is 1.85. The standard InChI is InChI=1S/C7H8NO/c1-2-6-3-4-7(9)5-8-6/h2-3,5H,4H2,1H3. The summed E-state index contributed by atoms with van der Waals surface area (Å²) in [5.41, 5.74) is 0.898. The average molecular weight is 122 g/mol. The maximum Gasteiger partial charge on any atom is 0.177 e. The van der Waals surface area contributed by atoms with E-state index in [1.54, 1.807) is 0 Å². The molecule has 0 saturated heterocycles. The third-order valence-corrected chi connectivity index (χ3v) is 1.17. The molecule has 9 heavy (non-hydrogen) atoms. The molecule has 0 fully saturated rings. The Kier molecular flexibility index (Phi) is 1.78. The summed E-state index contributed by atoms with van der Waals surface area (Å²) in [5, 5.41) is 0. The number of aliphatic imine (C=N–C) groups is 1. The number of hydrogen-bond donors (Lipinski definition) is 0. The molecule has 0 atom stereocenters. The van der Waals surface area contributed by atoms with Crippen molar-refractivity contribution in [3.8, 4) is 0 Å². The first-order chi connectivity index (χ1) is 4.33. The minimum atomic E-state index is 0.0839. The molecule has 2 nitrogen and oxygen atoms in total. The van der Waals surface area contributed by atoms with Gasteiger partial charge in [-0.05, 0) is 0 Å². The van der Waals surface area contributed by atoms with Crippen LogP contribution in [0, 0.1) is 6.42 Å². The molecule has 0 aromatic rings. The number of rotatable bonds is 1. The molecular weight excluding hydrogens is 114 g/mol. The SMILES string of the molecule is C[CH]C1=CCC(=O)C=N1. The summed E-state index contributed by atoms with van der Waals surface area (Å²) in [7, 11) is 0. The highest BCUT2D eigenvalue weighted by molar-refractivity contribution is 6.28. The Morgan fingerprint density at radius 1 is 1.78 bits per heavy atom. The van der Waals surface area contributed by atoms with Gasteiger partial charge in [0.1, 0.15) is 0 Å². The lowest BCUT2D eigenvalue weighted by atomic mass is 10.2. The van der Waals surface area contributed by atoms with E-state index in [9.17, 15) is 4.79 Å². The van der Waals surface area contributed by atoms with Crippen molar-refractivity contribution in [1.82, 2.24) is 0 Å². The molecule has 0 aromatic heterocycles. The van der Waals surface area contributed by atoms with Crippen LogP contribution in [0.25, 0.3) is 0 Å². The maximum atomic E-state index is 10.5. The van der Waals surface area contributed by atoms with Gasteiger partial charge in [-0.25, -0.2) is 0 Å². The molecule has 0 N–H and O–H groups in total. The zero-order valence-electron chi connectivity index (χ0n) is 5.29. The summed E-state index contributed by atoms with van der Waals surface area (Å²) in [6.07, 6.45) is 5.57. The Morgan fingerprint density at radius 3 is 3.00 bits per heavy atom. The first-order valence-corrected chi connectivity index (χ1v) is 2.89. The molecule has 1 aliphatic heterocycles. The summed E-state index contributed by atoms with van der Waals surface area (Å²) in [4.78, 5) is 14.4. The van der Waals surface area contributed by atoms with Gasteiger partial charge in [0.05, 0.1) is 6.21 Å². The van der Waals surface area contributed by atoms with E-state index in [-0.39, 0.29) is 5.78 Å². The minimum absolute atomic E-state index is 0.0839. The number of Topliss-reactive ketones (excluding diaryl/α,β-unsaturated/α-hetero) is 1. The molecule has 0 aliphatic carbocycles. The van der Waals surface area contributed by atoms with Gasteiger partial charge in [-0.2, -0.15) is 0 Å². The number of nitrogens with zero attached hydrogens (tertiary/aromatic N) is 1. The summed E-state index contributed by atoms with van der Waals surface area (Å²) in [6, 6.07) is 0. The molecular formula is C7H8NO. The molecule has 0 aromatic carbocycles. The van der Waals surface area contributed by atoms with Gasteiger partial charge in [0.2, 0.25) is 0 Å². The molecule has 0 unspecified atom stereocenters. The molecule has 2 heteroatoms. The van der Waals surface area contributed by atoms with Crippen LogP contribution in [0.5, 0.6) is 0 Å². The van der Waals surface area contributed by atoms with E-state index in [0.717, 1.165) is 5.70 Å². The minimum Gasteiger partial charge on any atom is -0.293 e. The van der Waals surface area contributed by atoms with Crippen LogP contribution in [0.2, 0.25) is 0 Å². The maximum absolute atomic E-state index is 10.5. The number of hydrogen-bond acceptors (Lipinski definition) is 2. The van der Waals surface area contributed by atoms with Gasteiger partial charge in [-0.3, -0.25) is 9.79 Å². The van der Waals surface area contributed by atoms with Gasteiger partial charge >= 0.3 is 0 Å².